The fraction of sp³-hybridized carbons (Fsp3) is 0.640. The van der Waals surface area contributed by atoms with Gasteiger partial charge in [-0.2, -0.15) is 13.2 Å². The molecule has 7 nitrogen and oxygen atoms in total. The second-order valence-electron chi connectivity index (χ2n) is 9.98. The van der Waals surface area contributed by atoms with Crippen molar-refractivity contribution in [3.8, 4) is 0 Å². The van der Waals surface area contributed by atoms with Crippen molar-refractivity contribution < 1.29 is 32.7 Å². The number of hydrogen-bond donors (Lipinski definition) is 1. The van der Waals surface area contributed by atoms with Gasteiger partial charge >= 0.3 is 12.1 Å². The molecule has 1 unspecified atom stereocenters. The van der Waals surface area contributed by atoms with Crippen LogP contribution < -0.4 is 0 Å². The molecule has 10 heteroatoms. The van der Waals surface area contributed by atoms with Gasteiger partial charge in [-0.15, -0.1) is 0 Å². The molecule has 3 saturated heterocycles. The molecule has 0 bridgehead atoms. The van der Waals surface area contributed by atoms with Crippen molar-refractivity contribution in [1.29, 1.82) is 0 Å². The lowest BCUT2D eigenvalue weighted by molar-refractivity contribution is -0.192. The first-order valence-corrected chi connectivity index (χ1v) is 12.1. The van der Waals surface area contributed by atoms with E-state index >= 15 is 0 Å². The first-order chi connectivity index (χ1) is 16.4. The Morgan fingerprint density at radius 1 is 1.09 bits per heavy atom. The topological polar surface area (TPSA) is 81.2 Å². The predicted octanol–water partition coefficient (Wildman–Crippen LogP) is 3.42. The lowest BCUT2D eigenvalue weighted by atomic mass is 9.78. The number of rotatable bonds is 3. The molecule has 1 aromatic carbocycles. The number of carbonyl (C=O) groups excluding carboxylic acids is 2. The standard InChI is InChI=1S/C23H33N3O2.C2HF3O2/c1-18-6-3-4-7-20(18)21(27)26-12-5-10-23(17-26)11-15-25(22(23)28)16-19-8-13-24(2)14-9-19;3-2(4,5)1(6)7/h3-4,6-7,19H,5,8-17H2,1-2H3;(H,6,7). The van der Waals surface area contributed by atoms with E-state index in [0.717, 1.165) is 63.1 Å². The number of hydrogen-bond acceptors (Lipinski definition) is 4. The van der Waals surface area contributed by atoms with Crippen molar-refractivity contribution in [2.75, 3.05) is 46.3 Å². The SMILES string of the molecule is Cc1ccccc1C(=O)N1CCCC2(CCN(CC3CCN(C)CC3)C2=O)C1.O=C(O)C(F)(F)F. The number of halogens is 3. The van der Waals surface area contributed by atoms with E-state index in [-0.39, 0.29) is 11.3 Å². The summed E-state index contributed by atoms with van der Waals surface area (Å²) in [5, 5.41) is 7.12. The van der Waals surface area contributed by atoms with Gasteiger partial charge in [-0.25, -0.2) is 4.79 Å². The number of benzene rings is 1. The van der Waals surface area contributed by atoms with E-state index in [9.17, 15) is 22.8 Å². The molecule has 3 heterocycles. The molecule has 1 atom stereocenters. The van der Waals surface area contributed by atoms with Gasteiger partial charge in [0.25, 0.3) is 5.91 Å². The van der Waals surface area contributed by atoms with Crippen LogP contribution in [-0.2, 0) is 9.59 Å². The van der Waals surface area contributed by atoms with Crippen molar-refractivity contribution in [2.45, 2.75) is 45.2 Å². The van der Waals surface area contributed by atoms with Gasteiger partial charge in [0.1, 0.15) is 0 Å². The first-order valence-electron chi connectivity index (χ1n) is 12.1. The third-order valence-electron chi connectivity index (χ3n) is 7.40. The third kappa shape index (κ3) is 6.54. The minimum Gasteiger partial charge on any atom is -0.475 e. The molecule has 3 aliphatic heterocycles. The Morgan fingerprint density at radius 3 is 2.31 bits per heavy atom. The summed E-state index contributed by atoms with van der Waals surface area (Å²) in [6, 6.07) is 7.77. The van der Waals surface area contributed by atoms with Crippen LogP contribution in [-0.4, -0.2) is 90.1 Å². The van der Waals surface area contributed by atoms with E-state index in [0.29, 0.717) is 18.4 Å². The van der Waals surface area contributed by atoms with Crippen molar-refractivity contribution in [1.82, 2.24) is 14.7 Å². The van der Waals surface area contributed by atoms with E-state index in [1.54, 1.807) is 0 Å². The summed E-state index contributed by atoms with van der Waals surface area (Å²) in [4.78, 5) is 41.8. The summed E-state index contributed by atoms with van der Waals surface area (Å²) in [5.74, 6) is -1.75. The number of amides is 2. The molecular formula is C25H34F3N3O4. The number of piperidine rings is 2. The molecule has 0 aliphatic carbocycles. The Kier molecular flexibility index (Phi) is 8.46. The molecule has 35 heavy (non-hydrogen) atoms. The Labute approximate surface area is 203 Å². The number of carboxylic acids is 1. The lowest BCUT2D eigenvalue weighted by Crippen LogP contribution is -2.50. The summed E-state index contributed by atoms with van der Waals surface area (Å²) in [6.45, 7) is 7.36. The number of likely N-dealkylation sites (tertiary alicyclic amines) is 3. The summed E-state index contributed by atoms with van der Waals surface area (Å²) >= 11 is 0. The van der Waals surface area contributed by atoms with Gasteiger partial charge < -0.3 is 19.8 Å². The average molecular weight is 498 g/mol. The van der Waals surface area contributed by atoms with Crippen molar-refractivity contribution in [3.63, 3.8) is 0 Å². The van der Waals surface area contributed by atoms with Crippen LogP contribution in [0.25, 0.3) is 0 Å². The van der Waals surface area contributed by atoms with E-state index in [2.05, 4.69) is 16.8 Å². The Morgan fingerprint density at radius 2 is 1.71 bits per heavy atom. The normalized spacial score (nSPS) is 23.9. The maximum absolute atomic E-state index is 13.4. The average Bonchev–Trinajstić information content (AvgIpc) is 3.09. The van der Waals surface area contributed by atoms with Crippen molar-refractivity contribution in [2.24, 2.45) is 11.3 Å². The predicted molar refractivity (Wildman–Crippen MR) is 124 cm³/mol. The molecule has 2 amide bonds. The largest absolute Gasteiger partial charge is 0.490 e. The molecule has 194 valence electrons. The Balaban J connectivity index is 0.000000429. The molecule has 1 spiro atoms. The monoisotopic (exact) mass is 497 g/mol. The number of nitrogens with zero attached hydrogens (tertiary/aromatic N) is 3. The van der Waals surface area contributed by atoms with Crippen LogP contribution in [0.15, 0.2) is 24.3 Å². The highest BCUT2D eigenvalue weighted by Crippen LogP contribution is 2.41. The minimum atomic E-state index is -5.08. The van der Waals surface area contributed by atoms with Crippen LogP contribution in [0.3, 0.4) is 0 Å². The van der Waals surface area contributed by atoms with Crippen LogP contribution >= 0.6 is 0 Å². The summed E-state index contributed by atoms with van der Waals surface area (Å²) < 4.78 is 31.7. The zero-order chi connectivity index (χ0) is 25.8. The molecule has 3 fully saturated rings. The maximum atomic E-state index is 13.4. The maximum Gasteiger partial charge on any atom is 0.490 e. The van der Waals surface area contributed by atoms with E-state index in [4.69, 9.17) is 9.90 Å². The van der Waals surface area contributed by atoms with E-state index in [1.807, 2.05) is 36.1 Å². The fourth-order valence-corrected chi connectivity index (χ4v) is 5.29. The number of aliphatic carboxylic acids is 1. The second kappa shape index (κ2) is 11.0. The van der Waals surface area contributed by atoms with Gasteiger partial charge in [-0.1, -0.05) is 18.2 Å². The van der Waals surface area contributed by atoms with Crippen LogP contribution in [0.1, 0.15) is 48.0 Å². The highest BCUT2D eigenvalue weighted by atomic mass is 19.4. The van der Waals surface area contributed by atoms with Gasteiger partial charge in [-0.3, -0.25) is 9.59 Å². The lowest BCUT2D eigenvalue weighted by Gasteiger charge is -2.39. The van der Waals surface area contributed by atoms with Crippen molar-refractivity contribution >= 4 is 17.8 Å². The second-order valence-corrected chi connectivity index (χ2v) is 9.98. The number of alkyl halides is 3. The smallest absolute Gasteiger partial charge is 0.475 e. The van der Waals surface area contributed by atoms with Crippen LogP contribution in [0.4, 0.5) is 13.2 Å². The van der Waals surface area contributed by atoms with Crippen LogP contribution in [0.5, 0.6) is 0 Å². The molecule has 1 aromatic rings. The molecule has 4 rings (SSSR count). The molecule has 3 aliphatic rings. The van der Waals surface area contributed by atoms with Crippen LogP contribution in [0.2, 0.25) is 0 Å². The minimum absolute atomic E-state index is 0.0822. The molecule has 0 saturated carbocycles. The number of aryl methyl sites for hydroxylation is 1. The first kappa shape index (κ1) is 27.0. The number of carbonyl (C=O) groups is 3. The quantitative estimate of drug-likeness (QED) is 0.692. The molecule has 0 aromatic heterocycles. The van der Waals surface area contributed by atoms with Crippen molar-refractivity contribution in [3.05, 3.63) is 35.4 Å². The van der Waals surface area contributed by atoms with E-state index < -0.39 is 12.1 Å². The highest BCUT2D eigenvalue weighted by molar-refractivity contribution is 5.96. The molecular weight excluding hydrogens is 463 g/mol. The van der Waals surface area contributed by atoms with Crippen LogP contribution in [0, 0.1) is 18.3 Å². The molecule has 0 radical (unpaired) electrons. The van der Waals surface area contributed by atoms with Gasteiger partial charge in [0.05, 0.1) is 5.41 Å². The fourth-order valence-electron chi connectivity index (χ4n) is 5.29. The van der Waals surface area contributed by atoms with Gasteiger partial charge in [0.2, 0.25) is 5.91 Å². The zero-order valence-electron chi connectivity index (χ0n) is 20.3. The highest BCUT2D eigenvalue weighted by Gasteiger charge is 2.50. The van der Waals surface area contributed by atoms with E-state index in [1.165, 1.54) is 12.8 Å². The summed E-state index contributed by atoms with van der Waals surface area (Å²) in [7, 11) is 2.17. The Bertz CT molecular complexity index is 931. The summed E-state index contributed by atoms with van der Waals surface area (Å²) in [6.07, 6.45) is 0.0328. The zero-order valence-corrected chi connectivity index (χ0v) is 20.3. The van der Waals surface area contributed by atoms with Gasteiger partial charge in [0.15, 0.2) is 0 Å². The van der Waals surface area contributed by atoms with Gasteiger partial charge in [0, 0.05) is 31.7 Å². The molecule has 1 N–H and O–H groups in total. The third-order valence-corrected chi connectivity index (χ3v) is 7.40. The number of carboxylic acid groups (broad SMARTS) is 1. The summed E-state index contributed by atoms with van der Waals surface area (Å²) in [5.41, 5.74) is 1.43. The van der Waals surface area contributed by atoms with Gasteiger partial charge in [-0.05, 0) is 76.7 Å². The Hall–Kier alpha value is -2.62.